The third kappa shape index (κ3) is 5.19. The molecule has 1 N–H and O–H groups in total. The number of rotatable bonds is 8. The lowest BCUT2D eigenvalue weighted by Gasteiger charge is -2.22. The molecule has 1 fully saturated rings. The van der Waals surface area contributed by atoms with Crippen LogP contribution in [-0.4, -0.2) is 55.3 Å². The fourth-order valence-electron chi connectivity index (χ4n) is 2.59. The molecule has 0 spiro atoms. The molecule has 1 saturated heterocycles. The van der Waals surface area contributed by atoms with Crippen molar-refractivity contribution >= 4 is 0 Å². The Hall–Kier alpha value is -0.970. The number of pyridine rings is 1. The Kier molecular flexibility index (Phi) is 6.43. The molecule has 0 bridgehead atoms. The monoisotopic (exact) mass is 277 g/mol. The van der Waals surface area contributed by atoms with Crippen LogP contribution in [0.5, 0.6) is 0 Å². The zero-order valence-electron chi connectivity index (χ0n) is 12.7. The molecule has 1 aromatic rings. The number of likely N-dealkylation sites (N-methyl/N-ethyl adjacent to an activating group) is 1. The number of hydrogen-bond acceptors (Lipinski definition) is 4. The standard InChI is InChI=1S/C16H27N3O/c1-14(16-4-3-13-20-16)18-10-12-19(2)11-7-15-5-8-17-9-6-15/h5-6,8-9,14,16,18H,3-4,7,10-13H2,1-2H3. The van der Waals surface area contributed by atoms with Crippen molar-refractivity contribution < 1.29 is 4.74 Å². The largest absolute Gasteiger partial charge is 0.377 e. The van der Waals surface area contributed by atoms with Gasteiger partial charge in [0, 0.05) is 44.7 Å². The lowest BCUT2D eigenvalue weighted by molar-refractivity contribution is 0.0830. The first-order chi connectivity index (χ1) is 9.75. The Balaban J connectivity index is 1.56. The highest BCUT2D eigenvalue weighted by Gasteiger charge is 2.21. The van der Waals surface area contributed by atoms with Gasteiger partial charge in [-0.05, 0) is 50.9 Å². The molecule has 2 atom stereocenters. The van der Waals surface area contributed by atoms with Crippen LogP contribution in [0.25, 0.3) is 0 Å². The summed E-state index contributed by atoms with van der Waals surface area (Å²) in [5.41, 5.74) is 1.35. The van der Waals surface area contributed by atoms with Gasteiger partial charge in [0.2, 0.25) is 0 Å². The van der Waals surface area contributed by atoms with Gasteiger partial charge in [0.05, 0.1) is 6.10 Å². The van der Waals surface area contributed by atoms with Crippen molar-refractivity contribution in [2.45, 2.75) is 38.3 Å². The van der Waals surface area contributed by atoms with E-state index in [-0.39, 0.29) is 0 Å². The predicted molar refractivity (Wildman–Crippen MR) is 81.9 cm³/mol. The van der Waals surface area contributed by atoms with Crippen molar-refractivity contribution in [1.82, 2.24) is 15.2 Å². The molecule has 0 aromatic carbocycles. The molecule has 2 rings (SSSR count). The molecule has 2 unspecified atom stereocenters. The molecule has 1 aliphatic rings. The second-order valence-corrected chi connectivity index (χ2v) is 5.70. The van der Waals surface area contributed by atoms with Gasteiger partial charge < -0.3 is 15.0 Å². The van der Waals surface area contributed by atoms with Crippen molar-refractivity contribution in [3.8, 4) is 0 Å². The van der Waals surface area contributed by atoms with Gasteiger partial charge in [-0.25, -0.2) is 0 Å². The van der Waals surface area contributed by atoms with Crippen molar-refractivity contribution in [2.75, 3.05) is 33.3 Å². The van der Waals surface area contributed by atoms with Gasteiger partial charge in [0.15, 0.2) is 0 Å². The number of ether oxygens (including phenoxy) is 1. The molecule has 1 aromatic heterocycles. The number of nitrogens with one attached hydrogen (secondary N) is 1. The molecular formula is C16H27N3O. The van der Waals surface area contributed by atoms with E-state index in [4.69, 9.17) is 4.74 Å². The Bertz CT molecular complexity index is 365. The van der Waals surface area contributed by atoms with Crippen molar-refractivity contribution in [3.63, 3.8) is 0 Å². The van der Waals surface area contributed by atoms with Crippen LogP contribution < -0.4 is 5.32 Å². The van der Waals surface area contributed by atoms with Crippen LogP contribution >= 0.6 is 0 Å². The fraction of sp³-hybridized carbons (Fsp3) is 0.688. The molecule has 0 amide bonds. The molecule has 4 heteroatoms. The summed E-state index contributed by atoms with van der Waals surface area (Å²) >= 11 is 0. The van der Waals surface area contributed by atoms with Gasteiger partial charge in [-0.3, -0.25) is 4.98 Å². The molecular weight excluding hydrogens is 250 g/mol. The Morgan fingerprint density at radius 3 is 2.90 bits per heavy atom. The number of hydrogen-bond donors (Lipinski definition) is 1. The first kappa shape index (κ1) is 15.4. The average Bonchev–Trinajstić information content (AvgIpc) is 3.00. The summed E-state index contributed by atoms with van der Waals surface area (Å²) in [6.45, 7) is 6.34. The summed E-state index contributed by atoms with van der Waals surface area (Å²) in [7, 11) is 2.18. The lowest BCUT2D eigenvalue weighted by Crippen LogP contribution is -2.41. The van der Waals surface area contributed by atoms with Crippen LogP contribution in [0.3, 0.4) is 0 Å². The Morgan fingerprint density at radius 1 is 1.40 bits per heavy atom. The highest BCUT2D eigenvalue weighted by atomic mass is 16.5. The van der Waals surface area contributed by atoms with E-state index in [0.29, 0.717) is 12.1 Å². The second-order valence-electron chi connectivity index (χ2n) is 5.70. The predicted octanol–water partition coefficient (Wildman–Crippen LogP) is 1.71. The first-order valence-electron chi connectivity index (χ1n) is 7.68. The quantitative estimate of drug-likeness (QED) is 0.785. The van der Waals surface area contributed by atoms with Gasteiger partial charge in [-0.1, -0.05) is 0 Å². The molecule has 112 valence electrons. The van der Waals surface area contributed by atoms with Crippen LogP contribution in [-0.2, 0) is 11.2 Å². The van der Waals surface area contributed by atoms with Crippen LogP contribution in [0.15, 0.2) is 24.5 Å². The second kappa shape index (κ2) is 8.35. The fourth-order valence-corrected chi connectivity index (χ4v) is 2.59. The Morgan fingerprint density at radius 2 is 2.20 bits per heavy atom. The Labute approximate surface area is 122 Å². The van der Waals surface area contributed by atoms with Gasteiger partial charge >= 0.3 is 0 Å². The minimum Gasteiger partial charge on any atom is -0.377 e. The highest BCUT2D eigenvalue weighted by molar-refractivity contribution is 5.09. The lowest BCUT2D eigenvalue weighted by atomic mass is 10.1. The summed E-state index contributed by atoms with van der Waals surface area (Å²) in [4.78, 5) is 6.41. The van der Waals surface area contributed by atoms with Crippen LogP contribution in [0, 0.1) is 0 Å². The topological polar surface area (TPSA) is 37.4 Å². The third-order valence-corrected chi connectivity index (χ3v) is 4.01. The molecule has 4 nitrogen and oxygen atoms in total. The van der Waals surface area contributed by atoms with E-state index in [9.17, 15) is 0 Å². The van der Waals surface area contributed by atoms with Crippen LogP contribution in [0.4, 0.5) is 0 Å². The van der Waals surface area contributed by atoms with E-state index in [0.717, 1.165) is 32.7 Å². The van der Waals surface area contributed by atoms with Crippen molar-refractivity contribution in [3.05, 3.63) is 30.1 Å². The summed E-state index contributed by atoms with van der Waals surface area (Å²) in [6.07, 6.45) is 7.63. The zero-order chi connectivity index (χ0) is 14.2. The van der Waals surface area contributed by atoms with Crippen LogP contribution in [0.2, 0.25) is 0 Å². The normalized spacial score (nSPS) is 20.4. The van der Waals surface area contributed by atoms with Gasteiger partial charge in [-0.2, -0.15) is 0 Å². The van der Waals surface area contributed by atoms with E-state index in [2.05, 4.69) is 41.3 Å². The maximum Gasteiger partial charge on any atom is 0.0726 e. The summed E-state index contributed by atoms with van der Waals surface area (Å²) in [5, 5.41) is 3.58. The molecule has 2 heterocycles. The summed E-state index contributed by atoms with van der Waals surface area (Å²) in [6, 6.07) is 4.64. The molecule has 20 heavy (non-hydrogen) atoms. The van der Waals surface area contributed by atoms with Crippen LogP contribution in [0.1, 0.15) is 25.3 Å². The van der Waals surface area contributed by atoms with Gasteiger partial charge in [-0.15, -0.1) is 0 Å². The smallest absolute Gasteiger partial charge is 0.0726 e. The van der Waals surface area contributed by atoms with E-state index >= 15 is 0 Å². The minimum atomic E-state index is 0.414. The maximum absolute atomic E-state index is 5.70. The van der Waals surface area contributed by atoms with E-state index in [1.807, 2.05) is 12.4 Å². The number of nitrogens with zero attached hydrogens (tertiary/aromatic N) is 2. The third-order valence-electron chi connectivity index (χ3n) is 4.01. The SMILES string of the molecule is CC(NCCN(C)CCc1ccncc1)C1CCCO1. The molecule has 0 saturated carbocycles. The molecule has 1 aliphatic heterocycles. The van der Waals surface area contributed by atoms with Gasteiger partial charge in [0.25, 0.3) is 0 Å². The van der Waals surface area contributed by atoms with E-state index in [1.165, 1.54) is 18.4 Å². The maximum atomic E-state index is 5.70. The number of aromatic nitrogens is 1. The van der Waals surface area contributed by atoms with E-state index in [1.54, 1.807) is 0 Å². The zero-order valence-corrected chi connectivity index (χ0v) is 12.7. The van der Waals surface area contributed by atoms with Crippen molar-refractivity contribution in [2.24, 2.45) is 0 Å². The molecule has 0 aliphatic carbocycles. The van der Waals surface area contributed by atoms with Crippen molar-refractivity contribution in [1.29, 1.82) is 0 Å². The van der Waals surface area contributed by atoms with Gasteiger partial charge in [0.1, 0.15) is 0 Å². The summed E-state index contributed by atoms with van der Waals surface area (Å²) < 4.78 is 5.70. The summed E-state index contributed by atoms with van der Waals surface area (Å²) in [5.74, 6) is 0. The molecule has 0 radical (unpaired) electrons. The first-order valence-corrected chi connectivity index (χ1v) is 7.68. The average molecular weight is 277 g/mol. The highest BCUT2D eigenvalue weighted by Crippen LogP contribution is 2.15. The minimum absolute atomic E-state index is 0.414. The van der Waals surface area contributed by atoms with E-state index < -0.39 is 0 Å².